The van der Waals surface area contributed by atoms with Gasteiger partial charge in [-0.25, -0.2) is 18.7 Å². The highest BCUT2D eigenvalue weighted by atomic mass is 19.1. The first kappa shape index (κ1) is 24.6. The average molecular weight is 512 g/mol. The predicted octanol–water partition coefficient (Wildman–Crippen LogP) is 5.11. The lowest BCUT2D eigenvalue weighted by molar-refractivity contribution is 0.469. The van der Waals surface area contributed by atoms with Crippen LogP contribution >= 0.6 is 0 Å². The number of phenols is 1. The third-order valence-electron chi connectivity index (χ3n) is 6.17. The molecule has 10 heteroatoms. The van der Waals surface area contributed by atoms with Gasteiger partial charge in [0.2, 0.25) is 0 Å². The first-order valence-corrected chi connectivity index (χ1v) is 11.6. The highest BCUT2D eigenvalue weighted by molar-refractivity contribution is 6.16. The number of aryl methyl sites for hydroxylation is 1. The van der Waals surface area contributed by atoms with Crippen molar-refractivity contribution in [3.8, 4) is 5.75 Å². The molecule has 2 aromatic carbocycles. The summed E-state index contributed by atoms with van der Waals surface area (Å²) in [6, 6.07) is 11.5. The second kappa shape index (κ2) is 9.74. The summed E-state index contributed by atoms with van der Waals surface area (Å²) in [6.45, 7) is 6.31. The number of pyridine rings is 1. The maximum Gasteiger partial charge on any atom is 0.147 e. The van der Waals surface area contributed by atoms with E-state index >= 15 is 0 Å². The van der Waals surface area contributed by atoms with Crippen molar-refractivity contribution in [1.29, 1.82) is 5.41 Å². The highest BCUT2D eigenvalue weighted by Crippen LogP contribution is 2.38. The Balaban J connectivity index is 1.55. The van der Waals surface area contributed by atoms with E-state index in [1.54, 1.807) is 29.3 Å². The number of halogens is 2. The normalized spacial score (nSPS) is 12.7. The zero-order valence-electron chi connectivity index (χ0n) is 20.3. The third-order valence-corrected chi connectivity index (χ3v) is 6.17. The summed E-state index contributed by atoms with van der Waals surface area (Å²) in [6.07, 6.45) is 4.76. The summed E-state index contributed by atoms with van der Waals surface area (Å²) < 4.78 is 28.9. The number of para-hydroxylation sites is 1. The van der Waals surface area contributed by atoms with Crippen LogP contribution in [0, 0.1) is 24.0 Å². The fourth-order valence-electron chi connectivity index (χ4n) is 4.45. The summed E-state index contributed by atoms with van der Waals surface area (Å²) in [5.41, 5.74) is 10.1. The molecule has 38 heavy (non-hydrogen) atoms. The maximum absolute atomic E-state index is 15.0. The fraction of sp³-hybridized carbons (Fsp3) is 0.0714. The Morgan fingerprint density at radius 1 is 1.13 bits per heavy atom. The van der Waals surface area contributed by atoms with Crippen LogP contribution in [-0.4, -0.2) is 32.3 Å². The summed E-state index contributed by atoms with van der Waals surface area (Å²) >= 11 is 0. The molecule has 0 radical (unpaired) electrons. The van der Waals surface area contributed by atoms with Crippen LogP contribution in [0.2, 0.25) is 0 Å². The van der Waals surface area contributed by atoms with Crippen molar-refractivity contribution in [1.82, 2.24) is 15.0 Å². The molecule has 4 aromatic rings. The van der Waals surface area contributed by atoms with E-state index in [0.717, 1.165) is 23.3 Å². The van der Waals surface area contributed by atoms with E-state index in [2.05, 4.69) is 26.8 Å². The van der Waals surface area contributed by atoms with E-state index < -0.39 is 11.6 Å². The van der Waals surface area contributed by atoms with Gasteiger partial charge in [-0.3, -0.25) is 10.4 Å². The molecule has 0 bridgehead atoms. The molecule has 1 aliphatic heterocycles. The van der Waals surface area contributed by atoms with Crippen LogP contribution in [0.4, 0.5) is 26.1 Å². The second-order valence-electron chi connectivity index (χ2n) is 8.67. The van der Waals surface area contributed by atoms with Crippen molar-refractivity contribution in [3.05, 3.63) is 113 Å². The van der Waals surface area contributed by atoms with Gasteiger partial charge < -0.3 is 21.1 Å². The number of aromatic hydroxyl groups is 1. The third kappa shape index (κ3) is 4.43. The number of hydrogen-bond donors (Lipinski definition) is 4. The number of nitrogen functional groups attached to an aromatic ring is 1. The molecule has 0 aliphatic carbocycles. The van der Waals surface area contributed by atoms with Gasteiger partial charge >= 0.3 is 0 Å². The minimum atomic E-state index is -0.706. The molecular weight excluding hydrogens is 488 g/mol. The van der Waals surface area contributed by atoms with Crippen LogP contribution in [-0.2, 0) is 0 Å². The van der Waals surface area contributed by atoms with Gasteiger partial charge in [-0.2, -0.15) is 0 Å². The SMILES string of the molecule is C=C1c2c(C)ccnc2C=C(CNc2ncnc(N)c2C(=N)c2cc(O)cc(F)c2)N1c1ccccc1F. The van der Waals surface area contributed by atoms with Crippen molar-refractivity contribution in [2.75, 3.05) is 22.5 Å². The molecule has 2 aromatic heterocycles. The minimum Gasteiger partial charge on any atom is -0.508 e. The summed E-state index contributed by atoms with van der Waals surface area (Å²) in [7, 11) is 0. The van der Waals surface area contributed by atoms with Gasteiger partial charge in [-0.15, -0.1) is 0 Å². The van der Waals surface area contributed by atoms with Gasteiger partial charge in [0.25, 0.3) is 0 Å². The molecule has 0 saturated carbocycles. The molecule has 190 valence electrons. The van der Waals surface area contributed by atoms with E-state index in [1.165, 1.54) is 18.5 Å². The van der Waals surface area contributed by atoms with E-state index in [0.29, 0.717) is 22.8 Å². The number of hydrogen-bond acceptors (Lipinski definition) is 8. The van der Waals surface area contributed by atoms with E-state index in [1.807, 2.05) is 19.1 Å². The maximum atomic E-state index is 15.0. The first-order valence-electron chi connectivity index (χ1n) is 11.6. The molecule has 0 fully saturated rings. The molecule has 8 nitrogen and oxygen atoms in total. The van der Waals surface area contributed by atoms with Crippen molar-refractivity contribution in [2.24, 2.45) is 0 Å². The van der Waals surface area contributed by atoms with Crippen LogP contribution in [0.3, 0.4) is 0 Å². The monoisotopic (exact) mass is 511 g/mol. The number of nitrogens with two attached hydrogens (primary N) is 1. The van der Waals surface area contributed by atoms with Crippen LogP contribution in [0.1, 0.15) is 27.9 Å². The van der Waals surface area contributed by atoms with E-state index in [-0.39, 0.29) is 40.8 Å². The number of phenolic OH excluding ortho intramolecular Hbond substituents is 1. The topological polar surface area (TPSA) is 124 Å². The zero-order chi connectivity index (χ0) is 27.0. The molecule has 0 unspecified atom stereocenters. The molecule has 0 saturated heterocycles. The van der Waals surface area contributed by atoms with Crippen LogP contribution < -0.4 is 16.0 Å². The minimum absolute atomic E-state index is 0.00752. The van der Waals surface area contributed by atoms with Gasteiger partial charge in [-0.1, -0.05) is 18.7 Å². The lowest BCUT2D eigenvalue weighted by Crippen LogP contribution is -2.30. The number of aromatic nitrogens is 3. The number of benzene rings is 2. The van der Waals surface area contributed by atoms with Crippen molar-refractivity contribution >= 4 is 34.8 Å². The Morgan fingerprint density at radius 3 is 2.68 bits per heavy atom. The molecule has 0 spiro atoms. The molecule has 5 N–H and O–H groups in total. The van der Waals surface area contributed by atoms with Gasteiger partial charge in [0, 0.05) is 34.8 Å². The molecule has 3 heterocycles. The van der Waals surface area contributed by atoms with Crippen LogP contribution in [0.25, 0.3) is 11.8 Å². The Kier molecular flexibility index (Phi) is 6.29. The Labute approximate surface area is 217 Å². The largest absolute Gasteiger partial charge is 0.508 e. The highest BCUT2D eigenvalue weighted by Gasteiger charge is 2.28. The smallest absolute Gasteiger partial charge is 0.147 e. The molecule has 1 aliphatic rings. The number of rotatable bonds is 6. The second-order valence-corrected chi connectivity index (χ2v) is 8.67. The number of nitrogens with one attached hydrogen (secondary N) is 2. The standard InChI is InChI=1S/C28H23F2N7O/c1-15-7-8-33-22-12-19(37(16(2)24(15)22)23-6-4-3-5-21(23)30)13-34-28-25(27(32)35-14-36-28)26(31)17-9-18(29)11-20(38)10-17/h3-12,14,31,38H,2,13H2,1H3,(H3,32,34,35,36). The molecule has 0 atom stereocenters. The number of anilines is 3. The van der Waals surface area contributed by atoms with Gasteiger partial charge in [0.15, 0.2) is 0 Å². The predicted molar refractivity (Wildman–Crippen MR) is 144 cm³/mol. The lowest BCUT2D eigenvalue weighted by Gasteiger charge is -2.34. The zero-order valence-corrected chi connectivity index (χ0v) is 20.3. The van der Waals surface area contributed by atoms with Gasteiger partial charge in [0.1, 0.15) is 35.3 Å². The summed E-state index contributed by atoms with van der Waals surface area (Å²) in [5, 5.41) is 21.6. The Morgan fingerprint density at radius 2 is 1.92 bits per heavy atom. The molecule has 0 amide bonds. The van der Waals surface area contributed by atoms with Crippen LogP contribution in [0.15, 0.2) is 73.3 Å². The van der Waals surface area contributed by atoms with Crippen molar-refractivity contribution in [3.63, 3.8) is 0 Å². The Hall–Kier alpha value is -5.12. The van der Waals surface area contributed by atoms with Crippen molar-refractivity contribution in [2.45, 2.75) is 6.92 Å². The fourth-order valence-corrected chi connectivity index (χ4v) is 4.45. The quantitative estimate of drug-likeness (QED) is 0.265. The molecule has 5 rings (SSSR count). The van der Waals surface area contributed by atoms with Crippen molar-refractivity contribution < 1.29 is 13.9 Å². The van der Waals surface area contributed by atoms with E-state index in [9.17, 15) is 13.9 Å². The van der Waals surface area contributed by atoms with Gasteiger partial charge in [0.05, 0.1) is 29.2 Å². The Bertz CT molecular complexity index is 1610. The summed E-state index contributed by atoms with van der Waals surface area (Å²) in [5.74, 6) is -1.27. The molecular formula is C28H23F2N7O. The lowest BCUT2D eigenvalue weighted by atomic mass is 9.98. The summed E-state index contributed by atoms with van der Waals surface area (Å²) in [4.78, 5) is 14.4. The first-order chi connectivity index (χ1) is 18.2. The average Bonchev–Trinajstić information content (AvgIpc) is 2.87. The van der Waals surface area contributed by atoms with Gasteiger partial charge in [-0.05, 0) is 48.9 Å². The van der Waals surface area contributed by atoms with E-state index in [4.69, 9.17) is 11.1 Å². The number of nitrogens with zero attached hydrogens (tertiary/aromatic N) is 4. The van der Waals surface area contributed by atoms with Crippen LogP contribution in [0.5, 0.6) is 5.75 Å². The number of fused-ring (bicyclic) bond motifs is 1.